The zero-order valence-corrected chi connectivity index (χ0v) is 17.2. The Balaban J connectivity index is 1.33. The Morgan fingerprint density at radius 3 is 2.43 bits per heavy atom. The average molecular weight is 408 g/mol. The van der Waals surface area contributed by atoms with Crippen molar-refractivity contribution >= 4 is 23.2 Å². The number of para-hydroxylation sites is 2. The minimum absolute atomic E-state index is 0.0120. The van der Waals surface area contributed by atoms with E-state index in [1.54, 1.807) is 12.1 Å². The molecular weight excluding hydrogens is 378 g/mol. The second-order valence-electron chi connectivity index (χ2n) is 7.98. The lowest BCUT2D eigenvalue weighted by molar-refractivity contribution is -0.120. The molecule has 0 saturated carbocycles. The Morgan fingerprint density at radius 2 is 1.70 bits per heavy atom. The first-order chi connectivity index (χ1) is 14.7. The van der Waals surface area contributed by atoms with Gasteiger partial charge in [-0.15, -0.1) is 0 Å². The summed E-state index contributed by atoms with van der Waals surface area (Å²) in [5.74, 6) is -0.240. The van der Waals surface area contributed by atoms with Crippen LogP contribution in [-0.2, 0) is 9.53 Å². The molecule has 2 heterocycles. The molecule has 0 spiro atoms. The third-order valence-corrected chi connectivity index (χ3v) is 5.93. The van der Waals surface area contributed by atoms with Gasteiger partial charge in [0.15, 0.2) is 0 Å². The van der Waals surface area contributed by atoms with E-state index < -0.39 is 0 Å². The number of carbonyl (C=O) groups is 2. The summed E-state index contributed by atoms with van der Waals surface area (Å²) in [6, 6.07) is 17.5. The van der Waals surface area contributed by atoms with Crippen molar-refractivity contribution in [3.63, 3.8) is 0 Å². The van der Waals surface area contributed by atoms with Gasteiger partial charge in [0, 0.05) is 37.8 Å². The van der Waals surface area contributed by atoms with E-state index in [9.17, 15) is 9.59 Å². The number of hydrogen-bond acceptors (Lipinski definition) is 4. The number of ether oxygens (including phenoxy) is 1. The van der Waals surface area contributed by atoms with Crippen LogP contribution in [0.25, 0.3) is 0 Å². The molecule has 2 amide bonds. The van der Waals surface area contributed by atoms with Gasteiger partial charge in [0.2, 0.25) is 5.91 Å². The summed E-state index contributed by atoms with van der Waals surface area (Å²) in [6.07, 6.45) is 3.70. The lowest BCUT2D eigenvalue weighted by atomic mass is 9.95. The zero-order valence-electron chi connectivity index (χ0n) is 17.2. The molecule has 2 aliphatic rings. The maximum absolute atomic E-state index is 12.9. The number of carbonyl (C=O) groups excluding carboxylic acids is 2. The number of amides is 2. The van der Waals surface area contributed by atoms with E-state index in [0.717, 1.165) is 45.4 Å². The fraction of sp³-hybridized carbons (Fsp3) is 0.417. The molecule has 6 heteroatoms. The molecule has 2 fully saturated rings. The number of anilines is 2. The molecule has 1 atom stereocenters. The van der Waals surface area contributed by atoms with E-state index >= 15 is 0 Å². The lowest BCUT2D eigenvalue weighted by Gasteiger charge is -2.33. The van der Waals surface area contributed by atoms with Crippen molar-refractivity contribution in [3.8, 4) is 0 Å². The standard InChI is InChI=1S/C24H29N3O3/c28-23(18-12-14-27(15-13-18)19-7-2-1-3-8-19)26-22-11-5-4-10-21(22)24(29)25-17-20-9-6-16-30-20/h1-5,7-8,10-11,18,20H,6,9,12-17H2,(H,25,29)(H,26,28). The average Bonchev–Trinajstić information content (AvgIpc) is 3.32. The summed E-state index contributed by atoms with van der Waals surface area (Å²) in [5.41, 5.74) is 2.26. The van der Waals surface area contributed by atoms with Gasteiger partial charge in [-0.05, 0) is 49.9 Å². The molecule has 2 saturated heterocycles. The molecule has 2 N–H and O–H groups in total. The van der Waals surface area contributed by atoms with Gasteiger partial charge in [-0.25, -0.2) is 0 Å². The number of nitrogens with zero attached hydrogens (tertiary/aromatic N) is 1. The molecule has 158 valence electrons. The highest BCUT2D eigenvalue weighted by Crippen LogP contribution is 2.25. The maximum Gasteiger partial charge on any atom is 0.253 e. The van der Waals surface area contributed by atoms with Gasteiger partial charge in [-0.2, -0.15) is 0 Å². The van der Waals surface area contributed by atoms with Gasteiger partial charge in [0.05, 0.1) is 17.4 Å². The minimum Gasteiger partial charge on any atom is -0.376 e. The van der Waals surface area contributed by atoms with E-state index in [2.05, 4.69) is 27.7 Å². The van der Waals surface area contributed by atoms with Gasteiger partial charge < -0.3 is 20.3 Å². The highest BCUT2D eigenvalue weighted by Gasteiger charge is 2.26. The van der Waals surface area contributed by atoms with Crippen LogP contribution in [0.15, 0.2) is 54.6 Å². The second-order valence-corrected chi connectivity index (χ2v) is 7.98. The van der Waals surface area contributed by atoms with Crippen LogP contribution >= 0.6 is 0 Å². The van der Waals surface area contributed by atoms with Crippen LogP contribution in [0.2, 0.25) is 0 Å². The van der Waals surface area contributed by atoms with E-state index in [4.69, 9.17) is 4.74 Å². The van der Waals surface area contributed by atoms with Crippen molar-refractivity contribution in [2.45, 2.75) is 31.8 Å². The molecule has 30 heavy (non-hydrogen) atoms. The molecule has 1 unspecified atom stereocenters. The summed E-state index contributed by atoms with van der Waals surface area (Å²) < 4.78 is 5.57. The van der Waals surface area contributed by atoms with Gasteiger partial charge in [-0.3, -0.25) is 9.59 Å². The van der Waals surface area contributed by atoms with Gasteiger partial charge in [0.1, 0.15) is 0 Å². The van der Waals surface area contributed by atoms with Crippen molar-refractivity contribution in [1.29, 1.82) is 0 Å². The number of rotatable bonds is 6. The summed E-state index contributed by atoms with van der Waals surface area (Å²) in [6.45, 7) is 2.96. The Morgan fingerprint density at radius 1 is 0.967 bits per heavy atom. The van der Waals surface area contributed by atoms with Crippen LogP contribution < -0.4 is 15.5 Å². The highest BCUT2D eigenvalue weighted by molar-refractivity contribution is 6.04. The molecule has 0 aliphatic carbocycles. The monoisotopic (exact) mass is 407 g/mol. The molecule has 4 rings (SSSR count). The maximum atomic E-state index is 12.9. The highest BCUT2D eigenvalue weighted by atomic mass is 16.5. The van der Waals surface area contributed by atoms with Gasteiger partial charge in [0.25, 0.3) is 5.91 Å². The molecule has 2 aromatic rings. The Bertz CT molecular complexity index is 857. The van der Waals surface area contributed by atoms with Crippen molar-refractivity contribution in [1.82, 2.24) is 5.32 Å². The van der Waals surface area contributed by atoms with E-state index in [1.165, 1.54) is 5.69 Å². The molecule has 2 aromatic carbocycles. The second kappa shape index (κ2) is 9.76. The summed E-state index contributed by atoms with van der Waals surface area (Å²) in [7, 11) is 0. The van der Waals surface area contributed by atoms with Gasteiger partial charge >= 0.3 is 0 Å². The fourth-order valence-corrected chi connectivity index (χ4v) is 4.17. The first-order valence-electron chi connectivity index (χ1n) is 10.8. The number of hydrogen-bond donors (Lipinski definition) is 2. The number of piperidine rings is 1. The zero-order chi connectivity index (χ0) is 20.8. The first kappa shape index (κ1) is 20.4. The predicted octanol–water partition coefficient (Wildman–Crippen LogP) is 3.45. The predicted molar refractivity (Wildman–Crippen MR) is 118 cm³/mol. The van der Waals surface area contributed by atoms with Crippen LogP contribution in [-0.4, -0.2) is 44.2 Å². The third-order valence-electron chi connectivity index (χ3n) is 5.93. The quantitative estimate of drug-likeness (QED) is 0.770. The Kier molecular flexibility index (Phi) is 6.64. The van der Waals surface area contributed by atoms with Crippen LogP contribution in [0.3, 0.4) is 0 Å². The van der Waals surface area contributed by atoms with Crippen LogP contribution in [0.4, 0.5) is 11.4 Å². The smallest absolute Gasteiger partial charge is 0.253 e. The molecule has 0 bridgehead atoms. The van der Waals surface area contributed by atoms with Crippen molar-refractivity contribution in [3.05, 3.63) is 60.2 Å². The number of benzene rings is 2. The Labute approximate surface area is 177 Å². The molecule has 0 radical (unpaired) electrons. The van der Waals surface area contributed by atoms with Crippen molar-refractivity contribution in [2.24, 2.45) is 5.92 Å². The molecule has 6 nitrogen and oxygen atoms in total. The molecule has 2 aliphatic heterocycles. The molecule has 0 aromatic heterocycles. The summed E-state index contributed by atoms with van der Waals surface area (Å²) in [5, 5.41) is 5.93. The lowest BCUT2D eigenvalue weighted by Crippen LogP contribution is -2.38. The number of nitrogens with one attached hydrogen (secondary N) is 2. The summed E-state index contributed by atoms with van der Waals surface area (Å²) in [4.78, 5) is 27.8. The van der Waals surface area contributed by atoms with Crippen molar-refractivity contribution < 1.29 is 14.3 Å². The topological polar surface area (TPSA) is 70.7 Å². The fourth-order valence-electron chi connectivity index (χ4n) is 4.17. The third kappa shape index (κ3) is 5.00. The van der Waals surface area contributed by atoms with E-state index in [-0.39, 0.29) is 23.8 Å². The van der Waals surface area contributed by atoms with E-state index in [1.807, 2.05) is 30.3 Å². The van der Waals surface area contributed by atoms with E-state index in [0.29, 0.717) is 17.8 Å². The van der Waals surface area contributed by atoms with Crippen LogP contribution in [0, 0.1) is 5.92 Å². The minimum atomic E-state index is -0.180. The van der Waals surface area contributed by atoms with Crippen LogP contribution in [0.1, 0.15) is 36.0 Å². The Hall–Kier alpha value is -2.86. The van der Waals surface area contributed by atoms with Crippen LogP contribution in [0.5, 0.6) is 0 Å². The normalized spacial score (nSPS) is 19.5. The van der Waals surface area contributed by atoms with Gasteiger partial charge in [-0.1, -0.05) is 30.3 Å². The molecular formula is C24H29N3O3. The SMILES string of the molecule is O=C(NCC1CCCO1)c1ccccc1NC(=O)C1CCN(c2ccccc2)CC1. The largest absolute Gasteiger partial charge is 0.376 e. The summed E-state index contributed by atoms with van der Waals surface area (Å²) >= 11 is 0. The first-order valence-corrected chi connectivity index (χ1v) is 10.8. The van der Waals surface area contributed by atoms with Crippen molar-refractivity contribution in [2.75, 3.05) is 36.5 Å².